The molecule has 0 unspecified atom stereocenters. The average Bonchev–Trinajstić information content (AvgIpc) is 2.23. The van der Waals surface area contributed by atoms with Gasteiger partial charge in [-0.15, -0.1) is 0 Å². The summed E-state index contributed by atoms with van der Waals surface area (Å²) in [7, 11) is 1.00. The molecule has 0 saturated carbocycles. The molecule has 4 nitrogen and oxygen atoms in total. The molecule has 0 fully saturated rings. The number of esters is 1. The minimum Gasteiger partial charge on any atom is -0.465 e. The molecule has 1 aromatic carbocycles. The summed E-state index contributed by atoms with van der Waals surface area (Å²) < 4.78 is 65.0. The SMILES string of the molecule is COC(=O)c1cc(S(=O)(=O)Cl)c(F)c(F)c1F. The number of methoxy groups -OCH3 is 1. The van der Waals surface area contributed by atoms with E-state index in [-0.39, 0.29) is 6.07 Å². The number of carbonyl (C=O) groups is 1. The maximum atomic E-state index is 13.1. The molecule has 17 heavy (non-hydrogen) atoms. The van der Waals surface area contributed by atoms with Crippen molar-refractivity contribution in [1.82, 2.24) is 0 Å². The topological polar surface area (TPSA) is 60.4 Å². The summed E-state index contributed by atoms with van der Waals surface area (Å²) in [4.78, 5) is 9.65. The highest BCUT2D eigenvalue weighted by Gasteiger charge is 2.28. The molecule has 0 atom stereocenters. The van der Waals surface area contributed by atoms with Crippen LogP contribution < -0.4 is 0 Å². The fourth-order valence-corrected chi connectivity index (χ4v) is 1.92. The Kier molecular flexibility index (Phi) is 3.68. The van der Waals surface area contributed by atoms with E-state index >= 15 is 0 Å². The highest BCUT2D eigenvalue weighted by Crippen LogP contribution is 2.26. The van der Waals surface area contributed by atoms with Gasteiger partial charge in [-0.25, -0.2) is 26.4 Å². The van der Waals surface area contributed by atoms with Gasteiger partial charge >= 0.3 is 5.97 Å². The first-order valence-electron chi connectivity index (χ1n) is 3.90. The number of benzene rings is 1. The number of rotatable bonds is 2. The Balaban J connectivity index is 3.68. The van der Waals surface area contributed by atoms with Gasteiger partial charge in [-0.1, -0.05) is 0 Å². The van der Waals surface area contributed by atoms with Gasteiger partial charge in [-0.05, 0) is 6.07 Å². The quantitative estimate of drug-likeness (QED) is 0.473. The first-order valence-corrected chi connectivity index (χ1v) is 6.21. The van der Waals surface area contributed by atoms with E-state index < -0.39 is 42.9 Å². The van der Waals surface area contributed by atoms with Crippen molar-refractivity contribution in [1.29, 1.82) is 0 Å². The van der Waals surface area contributed by atoms with Gasteiger partial charge in [0.25, 0.3) is 9.05 Å². The largest absolute Gasteiger partial charge is 0.465 e. The maximum absolute atomic E-state index is 13.1. The molecule has 0 heterocycles. The second-order valence-corrected chi connectivity index (χ2v) is 5.33. The third-order valence-corrected chi connectivity index (χ3v) is 3.10. The predicted octanol–water partition coefficient (Wildman–Crippen LogP) is 1.82. The molecular weight excluding hydrogens is 285 g/mol. The Morgan fingerprint density at radius 3 is 2.18 bits per heavy atom. The van der Waals surface area contributed by atoms with E-state index in [1.165, 1.54) is 0 Å². The maximum Gasteiger partial charge on any atom is 0.341 e. The van der Waals surface area contributed by atoms with Crippen molar-refractivity contribution in [2.75, 3.05) is 7.11 Å². The van der Waals surface area contributed by atoms with Gasteiger partial charge in [0.15, 0.2) is 17.5 Å². The lowest BCUT2D eigenvalue weighted by Crippen LogP contribution is -2.11. The van der Waals surface area contributed by atoms with E-state index in [9.17, 15) is 26.4 Å². The molecule has 0 saturated heterocycles. The normalized spacial score (nSPS) is 11.4. The predicted molar refractivity (Wildman–Crippen MR) is 50.7 cm³/mol. The zero-order valence-corrected chi connectivity index (χ0v) is 9.70. The highest BCUT2D eigenvalue weighted by atomic mass is 35.7. The lowest BCUT2D eigenvalue weighted by atomic mass is 10.2. The number of hydrogen-bond acceptors (Lipinski definition) is 4. The third kappa shape index (κ3) is 2.52. The van der Waals surface area contributed by atoms with Crippen molar-refractivity contribution in [2.24, 2.45) is 0 Å². The molecule has 0 aromatic heterocycles. The Hall–Kier alpha value is -1.28. The van der Waals surface area contributed by atoms with E-state index in [0.29, 0.717) is 0 Å². The summed E-state index contributed by atoms with van der Waals surface area (Å²) in [6, 6.07) is 0.266. The molecule has 0 aliphatic heterocycles. The average molecular weight is 289 g/mol. The van der Waals surface area contributed by atoms with Crippen molar-refractivity contribution in [2.45, 2.75) is 4.90 Å². The van der Waals surface area contributed by atoms with E-state index in [2.05, 4.69) is 4.74 Å². The van der Waals surface area contributed by atoms with E-state index in [0.717, 1.165) is 7.11 Å². The van der Waals surface area contributed by atoms with Gasteiger partial charge in [-0.3, -0.25) is 0 Å². The smallest absolute Gasteiger partial charge is 0.341 e. The van der Waals surface area contributed by atoms with Crippen LogP contribution in [0, 0.1) is 17.5 Å². The molecule has 94 valence electrons. The van der Waals surface area contributed by atoms with Crippen LogP contribution in [0.2, 0.25) is 0 Å². The lowest BCUT2D eigenvalue weighted by molar-refractivity contribution is 0.0593. The molecule has 1 aromatic rings. The second kappa shape index (κ2) is 4.53. The summed E-state index contributed by atoms with van der Waals surface area (Å²) in [5.74, 6) is -7.32. The van der Waals surface area contributed by atoms with E-state index in [1.807, 2.05) is 0 Å². The zero-order chi connectivity index (χ0) is 13.4. The van der Waals surface area contributed by atoms with Crippen molar-refractivity contribution in [3.63, 3.8) is 0 Å². The fourth-order valence-electron chi connectivity index (χ4n) is 1.02. The van der Waals surface area contributed by atoms with Gasteiger partial charge in [0, 0.05) is 10.7 Å². The summed E-state index contributed by atoms with van der Waals surface area (Å²) in [6.07, 6.45) is 0. The van der Waals surface area contributed by atoms with Crippen LogP contribution in [0.5, 0.6) is 0 Å². The second-order valence-electron chi connectivity index (χ2n) is 2.79. The van der Waals surface area contributed by atoms with E-state index in [4.69, 9.17) is 10.7 Å². The molecule has 1 rings (SSSR count). The Labute approximate surface area is 98.4 Å². The van der Waals surface area contributed by atoms with Crippen LogP contribution in [0.25, 0.3) is 0 Å². The van der Waals surface area contributed by atoms with Crippen LogP contribution in [0.1, 0.15) is 10.4 Å². The third-order valence-electron chi connectivity index (χ3n) is 1.78. The summed E-state index contributed by atoms with van der Waals surface area (Å²) >= 11 is 0. The Morgan fingerprint density at radius 1 is 1.24 bits per heavy atom. The monoisotopic (exact) mass is 288 g/mol. The molecule has 0 spiro atoms. The number of halogens is 4. The first-order chi connectivity index (χ1) is 7.70. The highest BCUT2D eigenvalue weighted by molar-refractivity contribution is 8.13. The minimum atomic E-state index is -4.65. The number of ether oxygens (including phenoxy) is 1. The summed E-state index contributed by atoms with van der Waals surface area (Å²) in [6.45, 7) is 0. The number of hydrogen-bond donors (Lipinski definition) is 0. The van der Waals surface area contributed by atoms with Crippen LogP contribution in [-0.2, 0) is 13.8 Å². The minimum absolute atomic E-state index is 0.266. The van der Waals surface area contributed by atoms with Gasteiger partial charge < -0.3 is 4.74 Å². The van der Waals surface area contributed by atoms with Gasteiger partial charge in [-0.2, -0.15) is 0 Å². The molecular formula is C8H4ClF3O4S. The molecule has 0 N–H and O–H groups in total. The van der Waals surface area contributed by atoms with Gasteiger partial charge in [0.05, 0.1) is 12.7 Å². The molecule has 0 aliphatic carbocycles. The van der Waals surface area contributed by atoms with Gasteiger partial charge in [0.1, 0.15) is 4.90 Å². The zero-order valence-electron chi connectivity index (χ0n) is 8.13. The molecule has 0 amide bonds. The van der Waals surface area contributed by atoms with Crippen LogP contribution in [0.4, 0.5) is 13.2 Å². The molecule has 0 aliphatic rings. The standard InChI is InChI=1S/C8H4ClF3O4S/c1-16-8(13)3-2-4(17(9,14)15)6(11)7(12)5(3)10/h2H,1H3. The molecule has 0 radical (unpaired) electrons. The van der Waals surface area contributed by atoms with Crippen LogP contribution >= 0.6 is 10.7 Å². The lowest BCUT2D eigenvalue weighted by Gasteiger charge is -2.06. The Bertz CT molecular complexity index is 585. The Morgan fingerprint density at radius 2 is 1.76 bits per heavy atom. The van der Waals surface area contributed by atoms with Crippen molar-refractivity contribution in [3.05, 3.63) is 29.1 Å². The van der Waals surface area contributed by atoms with Crippen molar-refractivity contribution in [3.8, 4) is 0 Å². The fraction of sp³-hybridized carbons (Fsp3) is 0.125. The van der Waals surface area contributed by atoms with Crippen LogP contribution in [0.15, 0.2) is 11.0 Å². The van der Waals surface area contributed by atoms with Crippen molar-refractivity contribution < 1.29 is 31.1 Å². The molecule has 0 bridgehead atoms. The first kappa shape index (κ1) is 13.8. The van der Waals surface area contributed by atoms with Gasteiger partial charge in [0.2, 0.25) is 0 Å². The summed E-state index contributed by atoms with van der Waals surface area (Å²) in [5.41, 5.74) is -1.06. The van der Waals surface area contributed by atoms with Crippen molar-refractivity contribution >= 4 is 25.7 Å². The molecule has 9 heteroatoms. The van der Waals surface area contributed by atoms with E-state index in [1.54, 1.807) is 0 Å². The van der Waals surface area contributed by atoms with Crippen LogP contribution in [0.3, 0.4) is 0 Å². The summed E-state index contributed by atoms with van der Waals surface area (Å²) in [5, 5.41) is 0. The number of carbonyl (C=O) groups excluding carboxylic acids is 1. The van der Waals surface area contributed by atoms with Crippen LogP contribution in [-0.4, -0.2) is 21.5 Å².